The molecule has 0 saturated carbocycles. The number of aliphatic hydroxyl groups is 1. The Morgan fingerprint density at radius 2 is 2.00 bits per heavy atom. The largest absolute Gasteiger partial charge is 0.394 e. The van der Waals surface area contributed by atoms with Crippen LogP contribution in [0, 0.1) is 0 Å². The number of epoxide rings is 1. The molecule has 76 valence electrons. The van der Waals surface area contributed by atoms with Crippen LogP contribution in [-0.4, -0.2) is 30.5 Å². The maximum absolute atomic E-state index is 8.71. The monoisotopic (exact) mass is 194 g/mol. The van der Waals surface area contributed by atoms with Crippen molar-refractivity contribution in [2.45, 2.75) is 18.8 Å². The summed E-state index contributed by atoms with van der Waals surface area (Å²) in [6.45, 7) is 1.28. The third-order valence-electron chi connectivity index (χ3n) is 2.26. The van der Waals surface area contributed by atoms with Crippen LogP contribution >= 0.6 is 0 Å². The molecule has 2 rings (SSSR count). The first-order valence-corrected chi connectivity index (χ1v) is 4.78. The van der Waals surface area contributed by atoms with Crippen LogP contribution in [0.25, 0.3) is 0 Å². The van der Waals surface area contributed by atoms with Crippen molar-refractivity contribution in [3.63, 3.8) is 0 Å². The molecule has 0 amide bonds. The van der Waals surface area contributed by atoms with Crippen LogP contribution in [0.3, 0.4) is 0 Å². The van der Waals surface area contributed by atoms with Crippen molar-refractivity contribution in [3.8, 4) is 0 Å². The lowest BCUT2D eigenvalue weighted by Gasteiger charge is -2.01. The Bertz CT molecular complexity index is 273. The van der Waals surface area contributed by atoms with Gasteiger partial charge in [-0.3, -0.25) is 0 Å². The van der Waals surface area contributed by atoms with Gasteiger partial charge < -0.3 is 14.6 Å². The van der Waals surface area contributed by atoms with Gasteiger partial charge in [-0.2, -0.15) is 0 Å². The summed E-state index contributed by atoms with van der Waals surface area (Å²) in [5.41, 5.74) is 1.16. The van der Waals surface area contributed by atoms with E-state index >= 15 is 0 Å². The molecule has 0 unspecified atom stereocenters. The first-order valence-electron chi connectivity index (χ1n) is 4.78. The highest BCUT2D eigenvalue weighted by Gasteiger charge is 2.37. The number of benzene rings is 1. The van der Waals surface area contributed by atoms with E-state index in [-0.39, 0.29) is 18.8 Å². The minimum absolute atomic E-state index is 0.00535. The van der Waals surface area contributed by atoms with Crippen molar-refractivity contribution in [1.29, 1.82) is 0 Å². The normalized spacial score (nSPS) is 24.9. The van der Waals surface area contributed by atoms with Crippen molar-refractivity contribution < 1.29 is 14.6 Å². The fraction of sp³-hybridized carbons (Fsp3) is 0.455. The van der Waals surface area contributed by atoms with Gasteiger partial charge in [0.05, 0.1) is 19.8 Å². The van der Waals surface area contributed by atoms with Crippen LogP contribution in [0.1, 0.15) is 5.56 Å². The molecule has 14 heavy (non-hydrogen) atoms. The SMILES string of the molecule is OC[C@H]1O[C@@H]1COCc1ccccc1. The average molecular weight is 194 g/mol. The standard InChI is InChI=1S/C11H14O3/c12-6-10-11(14-10)8-13-7-9-4-2-1-3-5-9/h1-5,10-12H,6-8H2/t10-,11-/m1/s1. The quantitative estimate of drug-likeness (QED) is 0.710. The van der Waals surface area contributed by atoms with Crippen molar-refractivity contribution >= 4 is 0 Å². The summed E-state index contributed by atoms with van der Waals surface area (Å²) in [7, 11) is 0. The van der Waals surface area contributed by atoms with Gasteiger partial charge in [0, 0.05) is 0 Å². The van der Waals surface area contributed by atoms with E-state index in [0.29, 0.717) is 13.2 Å². The van der Waals surface area contributed by atoms with E-state index in [9.17, 15) is 0 Å². The summed E-state index contributed by atoms with van der Waals surface area (Å²) in [6.07, 6.45) is 0.106. The first-order chi connectivity index (χ1) is 6.90. The number of ether oxygens (including phenoxy) is 2. The number of aliphatic hydroxyl groups excluding tert-OH is 1. The predicted octanol–water partition coefficient (Wildman–Crippen LogP) is 0.963. The Hall–Kier alpha value is -0.900. The topological polar surface area (TPSA) is 42.0 Å². The molecular weight excluding hydrogens is 180 g/mol. The molecule has 3 nitrogen and oxygen atoms in total. The molecule has 1 N–H and O–H groups in total. The molecule has 3 heteroatoms. The number of hydrogen-bond donors (Lipinski definition) is 1. The van der Waals surface area contributed by atoms with Gasteiger partial charge in [-0.05, 0) is 5.56 Å². The maximum atomic E-state index is 8.71. The van der Waals surface area contributed by atoms with Crippen LogP contribution in [0.15, 0.2) is 30.3 Å². The number of hydrogen-bond acceptors (Lipinski definition) is 3. The second-order valence-electron chi connectivity index (χ2n) is 3.40. The zero-order valence-electron chi connectivity index (χ0n) is 7.93. The van der Waals surface area contributed by atoms with Crippen molar-refractivity contribution in [3.05, 3.63) is 35.9 Å². The summed E-state index contributed by atoms with van der Waals surface area (Å²) >= 11 is 0. The minimum atomic E-state index is 0.00535. The second kappa shape index (κ2) is 4.55. The van der Waals surface area contributed by atoms with Crippen molar-refractivity contribution in [1.82, 2.24) is 0 Å². The van der Waals surface area contributed by atoms with Crippen molar-refractivity contribution in [2.75, 3.05) is 13.2 Å². The van der Waals surface area contributed by atoms with Gasteiger partial charge >= 0.3 is 0 Å². The van der Waals surface area contributed by atoms with Gasteiger partial charge in [0.25, 0.3) is 0 Å². The van der Waals surface area contributed by atoms with Gasteiger partial charge in [0.1, 0.15) is 12.2 Å². The third kappa shape index (κ3) is 2.54. The lowest BCUT2D eigenvalue weighted by atomic mass is 10.2. The van der Waals surface area contributed by atoms with Gasteiger partial charge in [-0.1, -0.05) is 30.3 Å². The smallest absolute Gasteiger partial charge is 0.110 e. The van der Waals surface area contributed by atoms with Crippen molar-refractivity contribution in [2.24, 2.45) is 0 Å². The highest BCUT2D eigenvalue weighted by molar-refractivity contribution is 5.13. The first kappa shape index (κ1) is 9.65. The molecule has 2 atom stereocenters. The summed E-state index contributed by atoms with van der Waals surface area (Å²) in [5, 5.41) is 8.71. The predicted molar refractivity (Wildman–Crippen MR) is 51.8 cm³/mol. The van der Waals surface area contributed by atoms with Gasteiger partial charge in [-0.25, -0.2) is 0 Å². The van der Waals surface area contributed by atoms with Gasteiger partial charge in [0.15, 0.2) is 0 Å². The summed E-state index contributed by atoms with van der Waals surface area (Å²) in [5.74, 6) is 0. The molecule has 0 bridgehead atoms. The Labute approximate surface area is 83.3 Å². The molecule has 1 fully saturated rings. The Kier molecular flexibility index (Phi) is 3.14. The fourth-order valence-corrected chi connectivity index (χ4v) is 1.35. The van der Waals surface area contributed by atoms with E-state index in [4.69, 9.17) is 14.6 Å². The molecule has 0 radical (unpaired) electrons. The van der Waals surface area contributed by atoms with Crippen LogP contribution in [0.5, 0.6) is 0 Å². The van der Waals surface area contributed by atoms with E-state index in [1.807, 2.05) is 30.3 Å². The molecule has 1 aromatic carbocycles. The van der Waals surface area contributed by atoms with Crippen LogP contribution < -0.4 is 0 Å². The lowest BCUT2D eigenvalue weighted by Crippen LogP contribution is -2.07. The molecule has 0 aliphatic carbocycles. The minimum Gasteiger partial charge on any atom is -0.394 e. The molecule has 0 aromatic heterocycles. The van der Waals surface area contributed by atoms with Crippen LogP contribution in [-0.2, 0) is 16.1 Å². The Balaban J connectivity index is 1.64. The highest BCUT2D eigenvalue weighted by atomic mass is 16.6. The third-order valence-corrected chi connectivity index (χ3v) is 2.26. The van der Waals surface area contributed by atoms with E-state index < -0.39 is 0 Å². The van der Waals surface area contributed by atoms with Gasteiger partial charge in [-0.15, -0.1) is 0 Å². The molecule has 1 saturated heterocycles. The zero-order valence-corrected chi connectivity index (χ0v) is 7.93. The molecule has 1 aliphatic heterocycles. The Morgan fingerprint density at radius 1 is 1.21 bits per heavy atom. The summed E-state index contributed by atoms with van der Waals surface area (Å²) in [6, 6.07) is 10.0. The highest BCUT2D eigenvalue weighted by Crippen LogP contribution is 2.21. The van der Waals surface area contributed by atoms with Gasteiger partial charge in [0.2, 0.25) is 0 Å². The second-order valence-corrected chi connectivity index (χ2v) is 3.40. The fourth-order valence-electron chi connectivity index (χ4n) is 1.35. The lowest BCUT2D eigenvalue weighted by molar-refractivity contribution is 0.104. The molecule has 1 heterocycles. The maximum Gasteiger partial charge on any atom is 0.110 e. The molecule has 1 aliphatic rings. The zero-order chi connectivity index (χ0) is 9.80. The summed E-state index contributed by atoms with van der Waals surface area (Å²) in [4.78, 5) is 0. The average Bonchev–Trinajstić information content (AvgIpc) is 2.98. The number of rotatable bonds is 5. The van der Waals surface area contributed by atoms with Crippen LogP contribution in [0.2, 0.25) is 0 Å². The summed E-state index contributed by atoms with van der Waals surface area (Å²) < 4.78 is 10.6. The van der Waals surface area contributed by atoms with Crippen LogP contribution in [0.4, 0.5) is 0 Å². The van der Waals surface area contributed by atoms with E-state index in [1.165, 1.54) is 0 Å². The van der Waals surface area contributed by atoms with E-state index in [2.05, 4.69) is 0 Å². The van der Waals surface area contributed by atoms with E-state index in [1.54, 1.807) is 0 Å². The molecule has 0 spiro atoms. The Morgan fingerprint density at radius 3 is 2.64 bits per heavy atom. The molecule has 1 aromatic rings. The molecular formula is C11H14O3. The van der Waals surface area contributed by atoms with E-state index in [0.717, 1.165) is 5.56 Å².